The van der Waals surface area contributed by atoms with Crippen LogP contribution in [0.3, 0.4) is 0 Å². The number of nitrogens with zero attached hydrogens (tertiary/aromatic N) is 1. The molecule has 1 saturated carbocycles. The van der Waals surface area contributed by atoms with Crippen LogP contribution < -0.4 is 5.73 Å². The van der Waals surface area contributed by atoms with E-state index in [4.69, 9.17) is 5.73 Å². The van der Waals surface area contributed by atoms with Crippen molar-refractivity contribution in [3.05, 3.63) is 0 Å². The molecule has 5 heteroatoms. The van der Waals surface area contributed by atoms with Crippen molar-refractivity contribution >= 4 is 23.6 Å². The van der Waals surface area contributed by atoms with Crippen LogP contribution in [-0.4, -0.2) is 40.3 Å². The molecule has 2 fully saturated rings. The standard InChI is InChI=1S/C14H24N2O2S/c1-10(8-15)9-19-12-7-13(17)16(14(12)18)11-5-3-2-4-6-11/h10-12H,2-9,15H2,1H3. The zero-order valence-corrected chi connectivity index (χ0v) is 12.5. The van der Waals surface area contributed by atoms with Crippen molar-refractivity contribution < 1.29 is 9.59 Å². The maximum Gasteiger partial charge on any atom is 0.243 e. The van der Waals surface area contributed by atoms with Gasteiger partial charge in [0, 0.05) is 12.5 Å². The fraction of sp³-hybridized carbons (Fsp3) is 0.857. The summed E-state index contributed by atoms with van der Waals surface area (Å²) in [5.74, 6) is 1.34. The average Bonchev–Trinajstić information content (AvgIpc) is 2.71. The van der Waals surface area contributed by atoms with Crippen LogP contribution in [0.4, 0.5) is 0 Å². The number of imide groups is 1. The molecule has 19 heavy (non-hydrogen) atoms. The molecule has 1 aliphatic heterocycles. The smallest absolute Gasteiger partial charge is 0.243 e. The summed E-state index contributed by atoms with van der Waals surface area (Å²) < 4.78 is 0. The first-order valence-corrected chi connectivity index (χ1v) is 8.36. The molecule has 2 amide bonds. The van der Waals surface area contributed by atoms with Crippen LogP contribution in [0.1, 0.15) is 45.4 Å². The second kappa shape index (κ2) is 6.75. The zero-order chi connectivity index (χ0) is 13.8. The highest BCUT2D eigenvalue weighted by molar-refractivity contribution is 8.00. The minimum atomic E-state index is -0.163. The quantitative estimate of drug-likeness (QED) is 0.782. The summed E-state index contributed by atoms with van der Waals surface area (Å²) in [4.78, 5) is 26.0. The summed E-state index contributed by atoms with van der Waals surface area (Å²) in [6, 6.07) is 0.172. The lowest BCUT2D eigenvalue weighted by Crippen LogP contribution is -2.41. The fourth-order valence-corrected chi connectivity index (χ4v) is 4.04. The van der Waals surface area contributed by atoms with Gasteiger partial charge in [-0.25, -0.2) is 0 Å². The molecule has 1 saturated heterocycles. The predicted molar refractivity (Wildman–Crippen MR) is 77.8 cm³/mol. The number of amides is 2. The van der Waals surface area contributed by atoms with Crippen molar-refractivity contribution in [3.63, 3.8) is 0 Å². The molecule has 108 valence electrons. The summed E-state index contributed by atoms with van der Waals surface area (Å²) in [5, 5.41) is -0.163. The number of carbonyl (C=O) groups is 2. The van der Waals surface area contributed by atoms with E-state index in [1.165, 1.54) is 6.42 Å². The van der Waals surface area contributed by atoms with Crippen LogP contribution in [0.25, 0.3) is 0 Å². The minimum absolute atomic E-state index is 0.0369. The molecule has 1 aliphatic carbocycles. The van der Waals surface area contributed by atoms with Gasteiger partial charge >= 0.3 is 0 Å². The van der Waals surface area contributed by atoms with E-state index in [9.17, 15) is 9.59 Å². The summed E-state index contributed by atoms with van der Waals surface area (Å²) in [7, 11) is 0. The van der Waals surface area contributed by atoms with Crippen molar-refractivity contribution in [1.82, 2.24) is 4.90 Å². The number of hydrogen-bond donors (Lipinski definition) is 1. The topological polar surface area (TPSA) is 63.4 Å². The average molecular weight is 284 g/mol. The second-order valence-electron chi connectivity index (χ2n) is 5.76. The Morgan fingerprint density at radius 3 is 2.63 bits per heavy atom. The third-order valence-electron chi connectivity index (χ3n) is 4.07. The van der Waals surface area contributed by atoms with Crippen LogP contribution in [0.15, 0.2) is 0 Å². The van der Waals surface area contributed by atoms with E-state index in [0.29, 0.717) is 18.9 Å². The molecular formula is C14H24N2O2S. The highest BCUT2D eigenvalue weighted by Crippen LogP contribution is 2.32. The van der Waals surface area contributed by atoms with E-state index in [-0.39, 0.29) is 23.1 Å². The van der Waals surface area contributed by atoms with Gasteiger partial charge in [0.2, 0.25) is 11.8 Å². The Balaban J connectivity index is 1.92. The third kappa shape index (κ3) is 3.51. The van der Waals surface area contributed by atoms with Gasteiger partial charge in [0.25, 0.3) is 0 Å². The molecule has 2 atom stereocenters. The number of nitrogens with two attached hydrogens (primary N) is 1. The van der Waals surface area contributed by atoms with Gasteiger partial charge in [-0.05, 0) is 31.1 Å². The van der Waals surface area contributed by atoms with Crippen LogP contribution in [0.5, 0.6) is 0 Å². The Bertz CT molecular complexity index is 342. The Hall–Kier alpha value is -0.550. The Morgan fingerprint density at radius 1 is 1.32 bits per heavy atom. The van der Waals surface area contributed by atoms with Crippen molar-refractivity contribution in [1.29, 1.82) is 0 Å². The summed E-state index contributed by atoms with van der Waals surface area (Å²) in [5.41, 5.74) is 5.59. The van der Waals surface area contributed by atoms with Gasteiger partial charge in [-0.1, -0.05) is 26.2 Å². The lowest BCUT2D eigenvalue weighted by atomic mass is 9.94. The summed E-state index contributed by atoms with van der Waals surface area (Å²) in [6.45, 7) is 2.71. The number of hydrogen-bond acceptors (Lipinski definition) is 4. The highest BCUT2D eigenvalue weighted by atomic mass is 32.2. The number of rotatable bonds is 5. The van der Waals surface area contributed by atoms with E-state index in [2.05, 4.69) is 6.92 Å². The molecule has 0 spiro atoms. The SMILES string of the molecule is CC(CN)CSC1CC(=O)N(C2CCCCC2)C1=O. The van der Waals surface area contributed by atoms with Crippen molar-refractivity contribution in [3.8, 4) is 0 Å². The molecule has 0 radical (unpaired) electrons. The molecule has 2 rings (SSSR count). The van der Waals surface area contributed by atoms with Gasteiger partial charge in [-0.15, -0.1) is 11.8 Å². The fourth-order valence-electron chi connectivity index (χ4n) is 2.82. The van der Waals surface area contributed by atoms with E-state index in [0.717, 1.165) is 31.4 Å². The minimum Gasteiger partial charge on any atom is -0.330 e. The van der Waals surface area contributed by atoms with Gasteiger partial charge in [-0.2, -0.15) is 0 Å². The Kier molecular flexibility index (Phi) is 5.28. The first-order valence-electron chi connectivity index (χ1n) is 7.31. The maximum absolute atomic E-state index is 12.4. The largest absolute Gasteiger partial charge is 0.330 e. The van der Waals surface area contributed by atoms with Gasteiger partial charge in [0.1, 0.15) is 0 Å². The van der Waals surface area contributed by atoms with E-state index in [1.807, 2.05) is 0 Å². The molecule has 2 unspecified atom stereocenters. The van der Waals surface area contributed by atoms with Gasteiger partial charge in [0.15, 0.2) is 0 Å². The number of likely N-dealkylation sites (tertiary alicyclic amines) is 1. The van der Waals surface area contributed by atoms with Crippen molar-refractivity contribution in [2.45, 2.75) is 56.7 Å². The van der Waals surface area contributed by atoms with E-state index >= 15 is 0 Å². The summed E-state index contributed by atoms with van der Waals surface area (Å²) >= 11 is 1.60. The van der Waals surface area contributed by atoms with Gasteiger partial charge < -0.3 is 5.73 Å². The van der Waals surface area contributed by atoms with Crippen LogP contribution in [0, 0.1) is 5.92 Å². The lowest BCUT2D eigenvalue weighted by Gasteiger charge is -2.29. The Labute approximate surface area is 119 Å². The van der Waals surface area contributed by atoms with Crippen molar-refractivity contribution in [2.75, 3.05) is 12.3 Å². The first-order chi connectivity index (χ1) is 9.13. The number of thioether (sulfide) groups is 1. The molecule has 1 heterocycles. The van der Waals surface area contributed by atoms with E-state index in [1.54, 1.807) is 16.7 Å². The summed E-state index contributed by atoms with van der Waals surface area (Å²) in [6.07, 6.45) is 5.89. The molecular weight excluding hydrogens is 260 g/mol. The molecule has 2 N–H and O–H groups in total. The van der Waals surface area contributed by atoms with Crippen LogP contribution >= 0.6 is 11.8 Å². The Morgan fingerprint density at radius 2 is 2.00 bits per heavy atom. The molecule has 4 nitrogen and oxygen atoms in total. The third-order valence-corrected chi connectivity index (χ3v) is 5.60. The van der Waals surface area contributed by atoms with Crippen LogP contribution in [-0.2, 0) is 9.59 Å². The number of carbonyl (C=O) groups excluding carboxylic acids is 2. The molecule has 0 aromatic heterocycles. The highest BCUT2D eigenvalue weighted by Gasteiger charge is 2.42. The van der Waals surface area contributed by atoms with Gasteiger partial charge in [0.05, 0.1) is 5.25 Å². The van der Waals surface area contributed by atoms with E-state index < -0.39 is 0 Å². The molecule has 0 aromatic rings. The van der Waals surface area contributed by atoms with Crippen molar-refractivity contribution in [2.24, 2.45) is 11.7 Å². The predicted octanol–water partition coefficient (Wildman–Crippen LogP) is 1.77. The van der Waals surface area contributed by atoms with Gasteiger partial charge in [-0.3, -0.25) is 14.5 Å². The monoisotopic (exact) mass is 284 g/mol. The molecule has 0 aromatic carbocycles. The second-order valence-corrected chi connectivity index (χ2v) is 7.00. The molecule has 2 aliphatic rings. The molecule has 0 bridgehead atoms. The lowest BCUT2D eigenvalue weighted by molar-refractivity contribution is -0.141. The maximum atomic E-state index is 12.4. The zero-order valence-electron chi connectivity index (χ0n) is 11.6. The normalized spacial score (nSPS) is 27.1. The first kappa shape index (κ1) is 14.9. The van der Waals surface area contributed by atoms with Crippen LogP contribution in [0.2, 0.25) is 0 Å².